The lowest BCUT2D eigenvalue weighted by molar-refractivity contribution is 0.138. The van der Waals surface area contributed by atoms with Gasteiger partial charge in [-0.2, -0.15) is 0 Å². The van der Waals surface area contributed by atoms with Crippen LogP contribution in [0.1, 0.15) is 25.7 Å². The third kappa shape index (κ3) is 3.52. The van der Waals surface area contributed by atoms with Crippen LogP contribution in [0.25, 0.3) is 0 Å². The molecule has 1 unspecified atom stereocenters. The van der Waals surface area contributed by atoms with Crippen LogP contribution in [0, 0.1) is 0 Å². The number of aliphatic hydroxyl groups is 1. The third-order valence-electron chi connectivity index (χ3n) is 2.50. The van der Waals surface area contributed by atoms with Crippen molar-refractivity contribution in [3.8, 4) is 0 Å². The van der Waals surface area contributed by atoms with Gasteiger partial charge in [-0.15, -0.1) is 0 Å². The molecule has 0 aromatic carbocycles. The van der Waals surface area contributed by atoms with Crippen LogP contribution in [0.3, 0.4) is 0 Å². The van der Waals surface area contributed by atoms with E-state index in [4.69, 9.17) is 5.73 Å². The van der Waals surface area contributed by atoms with Crippen LogP contribution in [-0.2, 0) is 0 Å². The normalized spacial score (nSPS) is 22.5. The van der Waals surface area contributed by atoms with Gasteiger partial charge in [-0.1, -0.05) is 6.42 Å². The van der Waals surface area contributed by atoms with Crippen molar-refractivity contribution in [2.75, 3.05) is 26.2 Å². The van der Waals surface area contributed by atoms with Crippen molar-refractivity contribution in [1.29, 1.82) is 0 Å². The molecule has 3 N–H and O–H groups in total. The highest BCUT2D eigenvalue weighted by atomic mass is 16.3. The Morgan fingerprint density at radius 1 is 1.25 bits per heavy atom. The Kier molecular flexibility index (Phi) is 4.58. The number of aliphatic hydroxyl groups excluding tert-OH is 1. The monoisotopic (exact) mass is 172 g/mol. The molecule has 0 amide bonds. The molecule has 3 nitrogen and oxygen atoms in total. The second-order valence-corrected chi connectivity index (χ2v) is 3.58. The molecule has 3 heteroatoms. The molecule has 72 valence electrons. The van der Waals surface area contributed by atoms with Gasteiger partial charge in [0.1, 0.15) is 0 Å². The number of likely N-dealkylation sites (tertiary alicyclic amines) is 1. The van der Waals surface area contributed by atoms with E-state index in [1.54, 1.807) is 0 Å². The van der Waals surface area contributed by atoms with E-state index in [2.05, 4.69) is 4.90 Å². The number of hydrogen-bond donors (Lipinski definition) is 2. The predicted molar refractivity (Wildman–Crippen MR) is 50.0 cm³/mol. The molecule has 0 aromatic heterocycles. The van der Waals surface area contributed by atoms with Crippen molar-refractivity contribution in [2.45, 2.75) is 31.8 Å². The van der Waals surface area contributed by atoms with E-state index >= 15 is 0 Å². The fraction of sp³-hybridized carbons (Fsp3) is 1.00. The van der Waals surface area contributed by atoms with Gasteiger partial charge in [0.2, 0.25) is 0 Å². The van der Waals surface area contributed by atoms with Crippen molar-refractivity contribution in [3.63, 3.8) is 0 Å². The summed E-state index contributed by atoms with van der Waals surface area (Å²) < 4.78 is 0. The summed E-state index contributed by atoms with van der Waals surface area (Å²) in [6, 6.07) is 0. The van der Waals surface area contributed by atoms with Gasteiger partial charge in [-0.3, -0.25) is 0 Å². The maximum absolute atomic E-state index is 9.24. The van der Waals surface area contributed by atoms with Gasteiger partial charge >= 0.3 is 0 Å². The highest BCUT2D eigenvalue weighted by Crippen LogP contribution is 2.09. The molecule has 1 heterocycles. The first-order chi connectivity index (χ1) is 5.83. The Morgan fingerprint density at radius 3 is 2.50 bits per heavy atom. The lowest BCUT2D eigenvalue weighted by Crippen LogP contribution is -2.33. The van der Waals surface area contributed by atoms with Crippen molar-refractivity contribution < 1.29 is 5.11 Å². The Morgan fingerprint density at radius 2 is 1.92 bits per heavy atom. The highest BCUT2D eigenvalue weighted by Gasteiger charge is 2.10. The first-order valence-corrected chi connectivity index (χ1v) is 4.93. The molecule has 0 radical (unpaired) electrons. The molecule has 1 aliphatic rings. The standard InChI is InChI=1S/C9H20N2O/c10-8-9(12)4-7-11-5-2-1-3-6-11/h9,12H,1-8,10H2. The topological polar surface area (TPSA) is 49.5 Å². The van der Waals surface area contributed by atoms with E-state index in [1.165, 1.54) is 32.4 Å². The van der Waals surface area contributed by atoms with Crippen LogP contribution in [0.15, 0.2) is 0 Å². The molecular weight excluding hydrogens is 152 g/mol. The van der Waals surface area contributed by atoms with Crippen LogP contribution < -0.4 is 5.73 Å². The molecule has 1 atom stereocenters. The number of nitrogens with two attached hydrogens (primary N) is 1. The average molecular weight is 172 g/mol. The van der Waals surface area contributed by atoms with Crippen LogP contribution in [-0.4, -0.2) is 42.3 Å². The van der Waals surface area contributed by atoms with E-state index in [0.29, 0.717) is 6.54 Å². The van der Waals surface area contributed by atoms with Gasteiger partial charge in [0.15, 0.2) is 0 Å². The molecule has 1 saturated heterocycles. The summed E-state index contributed by atoms with van der Waals surface area (Å²) in [5.41, 5.74) is 5.32. The summed E-state index contributed by atoms with van der Waals surface area (Å²) in [6.07, 6.45) is 4.54. The number of piperidine rings is 1. The Bertz CT molecular complexity index is 113. The van der Waals surface area contributed by atoms with Crippen molar-refractivity contribution >= 4 is 0 Å². The zero-order valence-electron chi connectivity index (χ0n) is 7.71. The van der Waals surface area contributed by atoms with Crippen molar-refractivity contribution in [3.05, 3.63) is 0 Å². The molecule has 1 fully saturated rings. The fourth-order valence-corrected chi connectivity index (χ4v) is 1.63. The minimum absolute atomic E-state index is 0.299. The molecule has 0 saturated carbocycles. The molecule has 1 rings (SSSR count). The summed E-state index contributed by atoms with van der Waals surface area (Å²) in [5, 5.41) is 9.24. The molecule has 0 aromatic rings. The lowest BCUT2D eigenvalue weighted by Gasteiger charge is -2.26. The summed E-state index contributed by atoms with van der Waals surface area (Å²) >= 11 is 0. The van der Waals surface area contributed by atoms with Gasteiger partial charge < -0.3 is 15.7 Å². The average Bonchev–Trinajstić information content (AvgIpc) is 2.16. The maximum atomic E-state index is 9.24. The molecule has 0 bridgehead atoms. The summed E-state index contributed by atoms with van der Waals surface area (Å²) in [5.74, 6) is 0. The van der Waals surface area contributed by atoms with Crippen LogP contribution in [0.4, 0.5) is 0 Å². The summed E-state index contributed by atoms with van der Waals surface area (Å²) in [7, 11) is 0. The number of hydrogen-bond acceptors (Lipinski definition) is 3. The van der Waals surface area contributed by atoms with Gasteiger partial charge in [0, 0.05) is 13.1 Å². The second kappa shape index (κ2) is 5.51. The van der Waals surface area contributed by atoms with Crippen molar-refractivity contribution in [2.24, 2.45) is 5.73 Å². The van der Waals surface area contributed by atoms with Crippen molar-refractivity contribution in [1.82, 2.24) is 4.90 Å². The minimum atomic E-state index is -0.299. The van der Waals surface area contributed by atoms with E-state index in [-0.39, 0.29) is 6.10 Å². The van der Waals surface area contributed by atoms with Crippen LogP contribution >= 0.6 is 0 Å². The zero-order chi connectivity index (χ0) is 8.81. The molecule has 0 aliphatic carbocycles. The van der Waals surface area contributed by atoms with Gasteiger partial charge in [0.05, 0.1) is 6.10 Å². The summed E-state index contributed by atoms with van der Waals surface area (Å²) in [4.78, 5) is 2.42. The van der Waals surface area contributed by atoms with Crippen LogP contribution in [0.2, 0.25) is 0 Å². The predicted octanol–water partition coefficient (Wildman–Crippen LogP) is 0.182. The number of rotatable bonds is 4. The fourth-order valence-electron chi connectivity index (χ4n) is 1.63. The van der Waals surface area contributed by atoms with E-state index in [0.717, 1.165) is 13.0 Å². The first-order valence-electron chi connectivity index (χ1n) is 4.93. The Hall–Kier alpha value is -0.120. The zero-order valence-corrected chi connectivity index (χ0v) is 7.71. The maximum Gasteiger partial charge on any atom is 0.0674 e. The van der Waals surface area contributed by atoms with Gasteiger partial charge in [-0.25, -0.2) is 0 Å². The first kappa shape index (κ1) is 9.96. The summed E-state index contributed by atoms with van der Waals surface area (Å²) in [6.45, 7) is 3.82. The second-order valence-electron chi connectivity index (χ2n) is 3.58. The van der Waals surface area contributed by atoms with Gasteiger partial charge in [0.25, 0.3) is 0 Å². The van der Waals surface area contributed by atoms with E-state index in [1.807, 2.05) is 0 Å². The van der Waals surface area contributed by atoms with Gasteiger partial charge in [-0.05, 0) is 32.4 Å². The molecule has 0 spiro atoms. The quantitative estimate of drug-likeness (QED) is 0.636. The Labute approximate surface area is 74.5 Å². The SMILES string of the molecule is NCC(O)CCN1CCCCC1. The largest absolute Gasteiger partial charge is 0.392 e. The minimum Gasteiger partial charge on any atom is -0.392 e. The highest BCUT2D eigenvalue weighted by molar-refractivity contribution is 4.66. The van der Waals surface area contributed by atoms with E-state index in [9.17, 15) is 5.11 Å². The molecular formula is C9H20N2O. The number of nitrogens with zero attached hydrogens (tertiary/aromatic N) is 1. The molecule has 12 heavy (non-hydrogen) atoms. The smallest absolute Gasteiger partial charge is 0.0674 e. The third-order valence-corrected chi connectivity index (χ3v) is 2.50. The lowest BCUT2D eigenvalue weighted by atomic mass is 10.1. The molecule has 1 aliphatic heterocycles. The Balaban J connectivity index is 2.05. The van der Waals surface area contributed by atoms with Crippen LogP contribution in [0.5, 0.6) is 0 Å². The van der Waals surface area contributed by atoms with E-state index < -0.39 is 0 Å².